The van der Waals surface area contributed by atoms with Crippen molar-refractivity contribution in [1.82, 2.24) is 5.32 Å². The Labute approximate surface area is 109 Å². The molecule has 0 aliphatic heterocycles. The molecule has 5 heteroatoms. The summed E-state index contributed by atoms with van der Waals surface area (Å²) in [5, 5.41) is 14.2. The molecule has 2 aromatic rings. The number of furan rings is 1. The van der Waals surface area contributed by atoms with Crippen molar-refractivity contribution in [3.05, 3.63) is 46.5 Å². The van der Waals surface area contributed by atoms with Crippen molar-refractivity contribution in [2.45, 2.75) is 25.4 Å². The molecule has 0 spiro atoms. The van der Waals surface area contributed by atoms with E-state index in [0.717, 1.165) is 10.6 Å². The average Bonchev–Trinajstić information content (AvgIpc) is 3.01. The fourth-order valence-corrected chi connectivity index (χ4v) is 2.61. The summed E-state index contributed by atoms with van der Waals surface area (Å²) in [6.45, 7) is 1.96. The van der Waals surface area contributed by atoms with E-state index in [1.807, 2.05) is 36.6 Å². The van der Waals surface area contributed by atoms with Gasteiger partial charge < -0.3 is 9.52 Å². The minimum atomic E-state index is -0.812. The fourth-order valence-electron chi connectivity index (χ4n) is 1.83. The lowest BCUT2D eigenvalue weighted by atomic mass is 10.1. The predicted octanol–water partition coefficient (Wildman–Crippen LogP) is 3.21. The first kappa shape index (κ1) is 12.9. The number of thiophene rings is 1. The number of carbonyl (C=O) groups is 1. The van der Waals surface area contributed by atoms with E-state index >= 15 is 0 Å². The van der Waals surface area contributed by atoms with E-state index in [0.29, 0.717) is 0 Å². The van der Waals surface area contributed by atoms with E-state index in [2.05, 4.69) is 5.32 Å². The molecule has 0 aliphatic carbocycles. The van der Waals surface area contributed by atoms with Gasteiger partial charge in [-0.2, -0.15) is 0 Å². The summed E-state index contributed by atoms with van der Waals surface area (Å²) < 4.78 is 5.31. The van der Waals surface area contributed by atoms with Gasteiger partial charge in [0.2, 0.25) is 0 Å². The first-order valence-corrected chi connectivity index (χ1v) is 6.59. The van der Waals surface area contributed by atoms with Crippen LogP contribution >= 0.6 is 11.3 Å². The third-order valence-electron chi connectivity index (χ3n) is 2.69. The number of aliphatic carboxylic acids is 1. The van der Waals surface area contributed by atoms with Crippen LogP contribution in [0.15, 0.2) is 40.3 Å². The third kappa shape index (κ3) is 3.21. The van der Waals surface area contributed by atoms with Gasteiger partial charge >= 0.3 is 5.97 Å². The summed E-state index contributed by atoms with van der Waals surface area (Å²) in [4.78, 5) is 11.9. The highest BCUT2D eigenvalue weighted by Crippen LogP contribution is 2.25. The molecule has 2 atom stereocenters. The second kappa shape index (κ2) is 5.84. The van der Waals surface area contributed by atoms with E-state index in [1.165, 1.54) is 0 Å². The molecule has 0 aromatic carbocycles. The minimum Gasteiger partial charge on any atom is -0.481 e. The molecule has 4 nitrogen and oxygen atoms in total. The van der Waals surface area contributed by atoms with E-state index in [-0.39, 0.29) is 18.5 Å². The first-order valence-electron chi connectivity index (χ1n) is 5.71. The zero-order chi connectivity index (χ0) is 13.0. The van der Waals surface area contributed by atoms with Crippen molar-refractivity contribution in [3.63, 3.8) is 0 Å². The number of hydrogen-bond acceptors (Lipinski definition) is 4. The van der Waals surface area contributed by atoms with Gasteiger partial charge in [0.05, 0.1) is 24.8 Å². The smallest absolute Gasteiger partial charge is 0.305 e. The molecule has 0 saturated heterocycles. The van der Waals surface area contributed by atoms with Crippen LogP contribution in [-0.2, 0) is 4.79 Å². The molecule has 18 heavy (non-hydrogen) atoms. The summed E-state index contributed by atoms with van der Waals surface area (Å²) in [6, 6.07) is 7.36. The molecule has 96 valence electrons. The van der Waals surface area contributed by atoms with Gasteiger partial charge in [-0.1, -0.05) is 6.07 Å². The molecule has 2 heterocycles. The van der Waals surface area contributed by atoms with E-state index < -0.39 is 5.97 Å². The van der Waals surface area contributed by atoms with Gasteiger partial charge in [-0.25, -0.2) is 0 Å². The zero-order valence-electron chi connectivity index (χ0n) is 10.00. The topological polar surface area (TPSA) is 62.5 Å². The van der Waals surface area contributed by atoms with Crippen LogP contribution in [0.5, 0.6) is 0 Å². The number of nitrogens with one attached hydrogen (secondary N) is 1. The highest BCUT2D eigenvalue weighted by molar-refractivity contribution is 7.10. The molecule has 2 aromatic heterocycles. The van der Waals surface area contributed by atoms with Gasteiger partial charge in [-0.3, -0.25) is 10.1 Å². The average molecular weight is 265 g/mol. The summed E-state index contributed by atoms with van der Waals surface area (Å²) >= 11 is 1.56. The molecular formula is C13H15NO3S. The van der Waals surface area contributed by atoms with Gasteiger partial charge in [0.25, 0.3) is 0 Å². The third-order valence-corrected chi connectivity index (χ3v) is 3.67. The Morgan fingerprint density at radius 1 is 1.50 bits per heavy atom. The van der Waals surface area contributed by atoms with Crippen molar-refractivity contribution in [1.29, 1.82) is 0 Å². The molecular weight excluding hydrogens is 250 g/mol. The predicted molar refractivity (Wildman–Crippen MR) is 69.6 cm³/mol. The molecule has 0 bridgehead atoms. The van der Waals surface area contributed by atoms with E-state index in [4.69, 9.17) is 9.52 Å². The molecule has 0 saturated carbocycles. The number of carboxylic acid groups (broad SMARTS) is 1. The minimum absolute atomic E-state index is 0.0218. The summed E-state index contributed by atoms with van der Waals surface area (Å²) in [7, 11) is 0. The quantitative estimate of drug-likeness (QED) is 0.842. The Kier molecular flexibility index (Phi) is 4.17. The highest BCUT2D eigenvalue weighted by atomic mass is 32.1. The van der Waals surface area contributed by atoms with Crippen molar-refractivity contribution >= 4 is 17.3 Å². The highest BCUT2D eigenvalue weighted by Gasteiger charge is 2.20. The van der Waals surface area contributed by atoms with Crippen LogP contribution in [0.4, 0.5) is 0 Å². The molecule has 0 aliphatic rings. The summed E-state index contributed by atoms with van der Waals surface area (Å²) in [6.07, 6.45) is 1.68. The maximum Gasteiger partial charge on any atom is 0.305 e. The summed E-state index contributed by atoms with van der Waals surface area (Å²) in [5.74, 6) is -0.00510. The van der Waals surface area contributed by atoms with E-state index in [9.17, 15) is 4.79 Å². The normalized spacial score (nSPS) is 14.3. The lowest BCUT2D eigenvalue weighted by Gasteiger charge is -2.19. The molecule has 2 unspecified atom stereocenters. The van der Waals surface area contributed by atoms with Gasteiger partial charge in [0.15, 0.2) is 0 Å². The van der Waals surface area contributed by atoms with Crippen LogP contribution in [0.1, 0.15) is 36.1 Å². The lowest BCUT2D eigenvalue weighted by Crippen LogP contribution is -2.25. The Balaban J connectivity index is 2.08. The Bertz CT molecular complexity index is 478. The van der Waals surface area contributed by atoms with Crippen LogP contribution in [0.25, 0.3) is 0 Å². The van der Waals surface area contributed by atoms with Crippen LogP contribution in [-0.4, -0.2) is 11.1 Å². The first-order chi connectivity index (χ1) is 8.66. The standard InChI is InChI=1S/C13H15NO3S/c1-9(11-4-2-6-17-11)14-10(8-13(15)16)12-5-3-7-18-12/h2-7,9-10,14H,8H2,1H3,(H,15,16). The van der Waals surface area contributed by atoms with Crippen molar-refractivity contribution in [2.75, 3.05) is 0 Å². The van der Waals surface area contributed by atoms with Crippen molar-refractivity contribution in [2.24, 2.45) is 0 Å². The van der Waals surface area contributed by atoms with Gasteiger partial charge in [0, 0.05) is 4.88 Å². The zero-order valence-corrected chi connectivity index (χ0v) is 10.8. The molecule has 2 rings (SSSR count). The second-order valence-electron chi connectivity index (χ2n) is 4.07. The molecule has 0 fully saturated rings. The van der Waals surface area contributed by atoms with Crippen LogP contribution in [0.2, 0.25) is 0 Å². The molecule has 0 radical (unpaired) electrons. The Hall–Kier alpha value is -1.59. The summed E-state index contributed by atoms with van der Waals surface area (Å²) in [5.41, 5.74) is 0. The number of rotatable bonds is 6. The van der Waals surface area contributed by atoms with Gasteiger partial charge in [-0.15, -0.1) is 11.3 Å². The second-order valence-corrected chi connectivity index (χ2v) is 5.05. The van der Waals surface area contributed by atoms with Crippen LogP contribution in [0.3, 0.4) is 0 Å². The van der Waals surface area contributed by atoms with E-state index in [1.54, 1.807) is 17.6 Å². The van der Waals surface area contributed by atoms with Crippen molar-refractivity contribution < 1.29 is 14.3 Å². The maximum absolute atomic E-state index is 10.9. The number of carboxylic acids is 1. The Morgan fingerprint density at radius 2 is 2.33 bits per heavy atom. The maximum atomic E-state index is 10.9. The lowest BCUT2D eigenvalue weighted by molar-refractivity contribution is -0.137. The Morgan fingerprint density at radius 3 is 2.89 bits per heavy atom. The molecule has 0 amide bonds. The monoisotopic (exact) mass is 265 g/mol. The van der Waals surface area contributed by atoms with Crippen molar-refractivity contribution in [3.8, 4) is 0 Å². The number of hydrogen-bond donors (Lipinski definition) is 2. The largest absolute Gasteiger partial charge is 0.481 e. The fraction of sp³-hybridized carbons (Fsp3) is 0.308. The van der Waals surface area contributed by atoms with Gasteiger partial charge in [-0.05, 0) is 30.5 Å². The molecule has 2 N–H and O–H groups in total. The SMILES string of the molecule is CC(NC(CC(=O)O)c1cccs1)c1ccco1. The van der Waals surface area contributed by atoms with Crippen LogP contribution < -0.4 is 5.32 Å². The van der Waals surface area contributed by atoms with Gasteiger partial charge in [0.1, 0.15) is 5.76 Å². The van der Waals surface area contributed by atoms with Crippen LogP contribution in [0, 0.1) is 0 Å².